The molecule has 1 atom stereocenters. The Morgan fingerprint density at radius 2 is 1.81 bits per heavy atom. The number of carbonyl (C=O) groups is 2. The number of hydrogen-bond acceptors (Lipinski definition) is 3. The van der Waals surface area contributed by atoms with Gasteiger partial charge in [0.15, 0.2) is 0 Å². The van der Waals surface area contributed by atoms with Gasteiger partial charge in [0.05, 0.1) is 0 Å². The number of esters is 1. The maximum Gasteiger partial charge on any atom is 0.321 e. The zero-order chi connectivity index (χ0) is 12.2. The van der Waals surface area contributed by atoms with E-state index in [-0.39, 0.29) is 0 Å². The minimum atomic E-state index is -0.833. The summed E-state index contributed by atoms with van der Waals surface area (Å²) >= 11 is 0. The molecule has 0 saturated carbocycles. The second kappa shape index (κ2) is 4.92. The van der Waals surface area contributed by atoms with Gasteiger partial charge in [-0.3, -0.25) is 4.79 Å². The Hall–Kier alpha value is -1.64. The maximum atomic E-state index is 11.7. The molecule has 0 amide bonds. The van der Waals surface area contributed by atoms with Crippen LogP contribution in [0.4, 0.5) is 0 Å². The van der Waals surface area contributed by atoms with Gasteiger partial charge in [0, 0.05) is 0 Å². The van der Waals surface area contributed by atoms with Gasteiger partial charge in [0.25, 0.3) is 0 Å². The number of carbonyl (C=O) groups excluding carboxylic acids is 2. The minimum Gasteiger partial charge on any atom is -0.459 e. The van der Waals surface area contributed by atoms with E-state index in [1.54, 1.807) is 45.0 Å². The molecule has 0 bridgehead atoms. The monoisotopic (exact) mass is 220 g/mol. The van der Waals surface area contributed by atoms with Gasteiger partial charge < -0.3 is 9.53 Å². The summed E-state index contributed by atoms with van der Waals surface area (Å²) in [6, 6.07) is 8.89. The van der Waals surface area contributed by atoms with E-state index in [9.17, 15) is 9.59 Å². The van der Waals surface area contributed by atoms with E-state index < -0.39 is 17.5 Å². The fraction of sp³-hybridized carbons (Fsp3) is 0.385. The third-order valence-corrected chi connectivity index (χ3v) is 1.96. The van der Waals surface area contributed by atoms with Crippen molar-refractivity contribution in [3.8, 4) is 0 Å². The molecule has 0 aromatic heterocycles. The van der Waals surface area contributed by atoms with Crippen LogP contribution in [0.1, 0.15) is 32.3 Å². The zero-order valence-electron chi connectivity index (χ0n) is 9.77. The van der Waals surface area contributed by atoms with Crippen LogP contribution in [0.25, 0.3) is 0 Å². The lowest BCUT2D eigenvalue weighted by Crippen LogP contribution is -2.28. The molecule has 0 N–H and O–H groups in total. The molecular formula is C13H16O3. The highest BCUT2D eigenvalue weighted by molar-refractivity contribution is 5.94. The highest BCUT2D eigenvalue weighted by atomic mass is 16.6. The second-order valence-corrected chi connectivity index (χ2v) is 4.56. The van der Waals surface area contributed by atoms with E-state index in [0.717, 1.165) is 0 Å². The van der Waals surface area contributed by atoms with Gasteiger partial charge in [-0.2, -0.15) is 0 Å². The Morgan fingerprint density at radius 1 is 1.25 bits per heavy atom. The molecule has 1 rings (SSSR count). The van der Waals surface area contributed by atoms with Gasteiger partial charge in [-0.1, -0.05) is 30.3 Å². The summed E-state index contributed by atoms with van der Waals surface area (Å²) < 4.78 is 5.17. The summed E-state index contributed by atoms with van der Waals surface area (Å²) in [5.74, 6) is -1.34. The summed E-state index contributed by atoms with van der Waals surface area (Å²) in [4.78, 5) is 22.7. The van der Waals surface area contributed by atoms with Gasteiger partial charge in [-0.15, -0.1) is 0 Å². The van der Waals surface area contributed by atoms with Crippen LogP contribution in [-0.2, 0) is 14.3 Å². The Morgan fingerprint density at radius 3 is 2.25 bits per heavy atom. The molecule has 3 nitrogen and oxygen atoms in total. The standard InChI is InChI=1S/C13H16O3/c1-13(2,3)16-12(15)11(9-14)10-7-5-4-6-8-10/h4-9,11H,1-3H3. The molecule has 0 spiro atoms. The van der Waals surface area contributed by atoms with E-state index in [4.69, 9.17) is 4.74 Å². The van der Waals surface area contributed by atoms with Crippen molar-refractivity contribution in [2.24, 2.45) is 0 Å². The molecule has 0 aliphatic heterocycles. The minimum absolute atomic E-state index is 0.506. The number of hydrogen-bond donors (Lipinski definition) is 0. The fourth-order valence-electron chi connectivity index (χ4n) is 1.30. The quantitative estimate of drug-likeness (QED) is 0.446. The van der Waals surface area contributed by atoms with E-state index >= 15 is 0 Å². The van der Waals surface area contributed by atoms with Gasteiger partial charge in [-0.05, 0) is 26.3 Å². The van der Waals surface area contributed by atoms with Crippen molar-refractivity contribution in [1.82, 2.24) is 0 Å². The van der Waals surface area contributed by atoms with Crippen molar-refractivity contribution in [3.63, 3.8) is 0 Å². The summed E-state index contributed by atoms with van der Waals surface area (Å²) in [6.45, 7) is 5.33. The smallest absolute Gasteiger partial charge is 0.321 e. The second-order valence-electron chi connectivity index (χ2n) is 4.56. The van der Waals surface area contributed by atoms with E-state index in [0.29, 0.717) is 11.8 Å². The predicted octanol–water partition coefficient (Wildman–Crippen LogP) is 2.31. The third-order valence-electron chi connectivity index (χ3n) is 1.96. The molecule has 0 aliphatic rings. The first-order valence-corrected chi connectivity index (χ1v) is 5.17. The van der Waals surface area contributed by atoms with Crippen LogP contribution >= 0.6 is 0 Å². The lowest BCUT2D eigenvalue weighted by atomic mass is 10.0. The van der Waals surface area contributed by atoms with Gasteiger partial charge >= 0.3 is 5.97 Å². The van der Waals surface area contributed by atoms with Crippen LogP contribution in [-0.4, -0.2) is 17.9 Å². The molecule has 0 radical (unpaired) electrons. The lowest BCUT2D eigenvalue weighted by molar-refractivity contribution is -0.157. The number of rotatable bonds is 3. The maximum absolute atomic E-state index is 11.7. The SMILES string of the molecule is CC(C)(C)OC(=O)C(C=O)c1ccccc1. The summed E-state index contributed by atoms with van der Waals surface area (Å²) in [7, 11) is 0. The van der Waals surface area contributed by atoms with E-state index in [1.807, 2.05) is 6.07 Å². The average Bonchev–Trinajstić information content (AvgIpc) is 2.17. The zero-order valence-corrected chi connectivity index (χ0v) is 9.77. The van der Waals surface area contributed by atoms with E-state index in [1.165, 1.54) is 0 Å². The third kappa shape index (κ3) is 3.50. The van der Waals surface area contributed by atoms with Crippen molar-refractivity contribution in [3.05, 3.63) is 35.9 Å². The van der Waals surface area contributed by atoms with Crippen molar-refractivity contribution in [1.29, 1.82) is 0 Å². The van der Waals surface area contributed by atoms with Crippen molar-refractivity contribution >= 4 is 12.3 Å². The molecule has 0 heterocycles. The number of benzene rings is 1. The fourth-order valence-corrected chi connectivity index (χ4v) is 1.30. The van der Waals surface area contributed by atoms with E-state index in [2.05, 4.69) is 0 Å². The van der Waals surface area contributed by atoms with Gasteiger partial charge in [0.1, 0.15) is 17.8 Å². The number of ether oxygens (including phenoxy) is 1. The molecule has 16 heavy (non-hydrogen) atoms. The first-order chi connectivity index (χ1) is 7.44. The summed E-state index contributed by atoms with van der Waals surface area (Å²) in [5.41, 5.74) is 0.0828. The molecular weight excluding hydrogens is 204 g/mol. The molecule has 1 unspecified atom stereocenters. The Kier molecular flexibility index (Phi) is 3.82. The van der Waals surface area contributed by atoms with Gasteiger partial charge in [0.2, 0.25) is 0 Å². The molecule has 3 heteroatoms. The van der Waals surface area contributed by atoms with Crippen LogP contribution < -0.4 is 0 Å². The predicted molar refractivity (Wildman–Crippen MR) is 61.1 cm³/mol. The molecule has 0 aliphatic carbocycles. The van der Waals surface area contributed by atoms with Crippen LogP contribution in [0.3, 0.4) is 0 Å². The molecule has 0 fully saturated rings. The Labute approximate surface area is 95.4 Å². The lowest BCUT2D eigenvalue weighted by Gasteiger charge is -2.21. The molecule has 1 aromatic rings. The van der Waals surface area contributed by atoms with Crippen molar-refractivity contribution in [2.75, 3.05) is 0 Å². The van der Waals surface area contributed by atoms with Crippen molar-refractivity contribution in [2.45, 2.75) is 32.3 Å². The molecule has 0 saturated heterocycles. The topological polar surface area (TPSA) is 43.4 Å². The summed E-state index contributed by atoms with van der Waals surface area (Å²) in [5, 5.41) is 0. The van der Waals surface area contributed by atoms with Gasteiger partial charge in [-0.25, -0.2) is 0 Å². The normalized spacial score (nSPS) is 12.9. The van der Waals surface area contributed by atoms with Crippen LogP contribution in [0.2, 0.25) is 0 Å². The summed E-state index contributed by atoms with van der Waals surface area (Å²) in [6.07, 6.45) is 0.614. The molecule has 1 aromatic carbocycles. The first kappa shape index (κ1) is 12.4. The van der Waals surface area contributed by atoms with Crippen molar-refractivity contribution < 1.29 is 14.3 Å². The largest absolute Gasteiger partial charge is 0.459 e. The average molecular weight is 220 g/mol. The van der Waals surface area contributed by atoms with Crippen LogP contribution in [0, 0.1) is 0 Å². The highest BCUT2D eigenvalue weighted by Gasteiger charge is 2.25. The Bertz CT molecular complexity index is 363. The van der Waals surface area contributed by atoms with Crippen LogP contribution in [0.15, 0.2) is 30.3 Å². The molecule has 86 valence electrons. The van der Waals surface area contributed by atoms with Crippen LogP contribution in [0.5, 0.6) is 0 Å². The number of aldehydes is 1. The highest BCUT2D eigenvalue weighted by Crippen LogP contribution is 2.18. The Balaban J connectivity index is 2.84. The first-order valence-electron chi connectivity index (χ1n) is 5.17.